The van der Waals surface area contributed by atoms with Crippen LogP contribution < -0.4 is 9.47 Å². The van der Waals surface area contributed by atoms with E-state index in [1.54, 1.807) is 31.4 Å². The molecular weight excluding hydrogens is 252 g/mol. The number of hydrogen-bond donors (Lipinski definition) is 0. The lowest BCUT2D eigenvalue weighted by Crippen LogP contribution is -2.09. The molecule has 0 amide bonds. The van der Waals surface area contributed by atoms with Crippen LogP contribution in [0.1, 0.15) is 11.1 Å². The summed E-state index contributed by atoms with van der Waals surface area (Å²) < 4.78 is 10.3. The molecule has 0 fully saturated rings. The molecule has 0 spiro atoms. The second kappa shape index (κ2) is 6.06. The van der Waals surface area contributed by atoms with Crippen LogP contribution in [0.4, 0.5) is 0 Å². The van der Waals surface area contributed by atoms with Crippen molar-refractivity contribution in [1.82, 2.24) is 0 Å². The van der Waals surface area contributed by atoms with Crippen molar-refractivity contribution in [2.75, 3.05) is 7.11 Å². The molecule has 2 aromatic carbocycles. The van der Waals surface area contributed by atoms with Gasteiger partial charge in [0.15, 0.2) is 0 Å². The standard InChI is InChI=1S/C17H16O3/c1-12-4-6-14(7-5-12)13(2)17(18)20-16-10-8-15(19-3)9-11-16/h4-11H,2H2,1,3H3. The SMILES string of the molecule is C=C(C(=O)Oc1ccc(OC)cc1)c1ccc(C)cc1. The number of rotatable bonds is 4. The fourth-order valence-corrected chi connectivity index (χ4v) is 1.69. The van der Waals surface area contributed by atoms with Gasteiger partial charge in [-0.15, -0.1) is 0 Å². The van der Waals surface area contributed by atoms with Crippen LogP contribution in [0.5, 0.6) is 11.5 Å². The summed E-state index contributed by atoms with van der Waals surface area (Å²) in [5.41, 5.74) is 2.22. The first-order chi connectivity index (χ1) is 9.60. The number of aryl methyl sites for hydroxylation is 1. The Morgan fingerprint density at radius 3 is 2.05 bits per heavy atom. The van der Waals surface area contributed by atoms with Crippen LogP contribution in [0.15, 0.2) is 55.1 Å². The van der Waals surface area contributed by atoms with Crippen LogP contribution in [0.3, 0.4) is 0 Å². The number of methoxy groups -OCH3 is 1. The monoisotopic (exact) mass is 268 g/mol. The van der Waals surface area contributed by atoms with Gasteiger partial charge in [-0.05, 0) is 36.8 Å². The molecule has 0 unspecified atom stereocenters. The maximum Gasteiger partial charge on any atom is 0.343 e. The summed E-state index contributed by atoms with van der Waals surface area (Å²) in [6.07, 6.45) is 0. The van der Waals surface area contributed by atoms with E-state index in [4.69, 9.17) is 9.47 Å². The molecule has 0 saturated heterocycles. The van der Waals surface area contributed by atoms with E-state index in [-0.39, 0.29) is 0 Å². The third-order valence-electron chi connectivity index (χ3n) is 2.92. The number of hydrogen-bond acceptors (Lipinski definition) is 3. The molecule has 2 aromatic rings. The molecule has 0 atom stereocenters. The number of carbonyl (C=O) groups excluding carboxylic acids is 1. The van der Waals surface area contributed by atoms with Crippen molar-refractivity contribution in [3.63, 3.8) is 0 Å². The Kier molecular flexibility index (Phi) is 4.20. The van der Waals surface area contributed by atoms with E-state index in [0.29, 0.717) is 17.1 Å². The number of ether oxygens (including phenoxy) is 2. The van der Waals surface area contributed by atoms with Gasteiger partial charge in [-0.1, -0.05) is 36.4 Å². The third kappa shape index (κ3) is 3.26. The number of benzene rings is 2. The van der Waals surface area contributed by atoms with E-state index >= 15 is 0 Å². The molecule has 0 aliphatic heterocycles. The van der Waals surface area contributed by atoms with Gasteiger partial charge in [-0.3, -0.25) is 0 Å². The van der Waals surface area contributed by atoms with Gasteiger partial charge >= 0.3 is 5.97 Å². The zero-order valence-electron chi connectivity index (χ0n) is 11.6. The molecule has 0 saturated carbocycles. The highest BCUT2D eigenvalue weighted by atomic mass is 16.5. The summed E-state index contributed by atoms with van der Waals surface area (Å²) >= 11 is 0. The van der Waals surface area contributed by atoms with Gasteiger partial charge in [0.05, 0.1) is 12.7 Å². The zero-order valence-corrected chi connectivity index (χ0v) is 11.6. The van der Waals surface area contributed by atoms with Crippen LogP contribution >= 0.6 is 0 Å². The first kappa shape index (κ1) is 13.9. The second-order valence-corrected chi connectivity index (χ2v) is 4.41. The molecule has 0 radical (unpaired) electrons. The van der Waals surface area contributed by atoms with Gasteiger partial charge in [0, 0.05) is 0 Å². The van der Waals surface area contributed by atoms with Crippen molar-refractivity contribution in [3.05, 3.63) is 66.2 Å². The lowest BCUT2D eigenvalue weighted by molar-refractivity contribution is -0.127. The van der Waals surface area contributed by atoms with Gasteiger partial charge in [0.25, 0.3) is 0 Å². The van der Waals surface area contributed by atoms with Crippen LogP contribution in [-0.4, -0.2) is 13.1 Å². The summed E-state index contributed by atoms with van der Waals surface area (Å²) in [5.74, 6) is 0.713. The highest BCUT2D eigenvalue weighted by molar-refractivity contribution is 6.16. The molecule has 0 bridgehead atoms. The minimum absolute atomic E-state index is 0.334. The third-order valence-corrected chi connectivity index (χ3v) is 2.92. The van der Waals surface area contributed by atoms with E-state index in [9.17, 15) is 4.79 Å². The number of carbonyl (C=O) groups is 1. The van der Waals surface area contributed by atoms with E-state index in [2.05, 4.69) is 6.58 Å². The molecule has 3 heteroatoms. The first-order valence-corrected chi connectivity index (χ1v) is 6.22. The van der Waals surface area contributed by atoms with Gasteiger partial charge in [-0.25, -0.2) is 4.79 Å². The van der Waals surface area contributed by atoms with Crippen molar-refractivity contribution >= 4 is 11.5 Å². The van der Waals surface area contributed by atoms with Crippen molar-refractivity contribution < 1.29 is 14.3 Å². The van der Waals surface area contributed by atoms with Gasteiger partial charge in [0.1, 0.15) is 11.5 Å². The van der Waals surface area contributed by atoms with Crippen LogP contribution in [-0.2, 0) is 4.79 Å². The fourth-order valence-electron chi connectivity index (χ4n) is 1.69. The zero-order chi connectivity index (χ0) is 14.5. The summed E-state index contributed by atoms with van der Waals surface area (Å²) in [6.45, 7) is 5.77. The molecule has 2 rings (SSSR count). The summed E-state index contributed by atoms with van der Waals surface area (Å²) in [6, 6.07) is 14.4. The Morgan fingerprint density at radius 1 is 0.950 bits per heavy atom. The number of esters is 1. The largest absolute Gasteiger partial charge is 0.497 e. The lowest BCUT2D eigenvalue weighted by Gasteiger charge is -2.08. The lowest BCUT2D eigenvalue weighted by atomic mass is 10.1. The highest BCUT2D eigenvalue weighted by Crippen LogP contribution is 2.20. The second-order valence-electron chi connectivity index (χ2n) is 4.41. The normalized spacial score (nSPS) is 9.90. The Hall–Kier alpha value is -2.55. The van der Waals surface area contributed by atoms with E-state index in [0.717, 1.165) is 11.1 Å². The van der Waals surface area contributed by atoms with Crippen molar-refractivity contribution in [2.45, 2.75) is 6.92 Å². The average molecular weight is 268 g/mol. The fraction of sp³-hybridized carbons (Fsp3) is 0.118. The summed E-state index contributed by atoms with van der Waals surface area (Å²) in [4.78, 5) is 12.0. The highest BCUT2D eigenvalue weighted by Gasteiger charge is 2.12. The van der Waals surface area contributed by atoms with E-state index in [1.165, 1.54) is 0 Å². The summed E-state index contributed by atoms with van der Waals surface area (Å²) in [5, 5.41) is 0. The summed E-state index contributed by atoms with van der Waals surface area (Å²) in [7, 11) is 1.58. The molecule has 0 aliphatic rings. The average Bonchev–Trinajstić information content (AvgIpc) is 2.48. The Balaban J connectivity index is 2.07. The maximum absolute atomic E-state index is 12.0. The molecular formula is C17H16O3. The van der Waals surface area contributed by atoms with Crippen molar-refractivity contribution in [2.24, 2.45) is 0 Å². The van der Waals surface area contributed by atoms with E-state index in [1.807, 2.05) is 31.2 Å². The maximum atomic E-state index is 12.0. The molecule has 0 aliphatic carbocycles. The Morgan fingerprint density at radius 2 is 1.50 bits per heavy atom. The quantitative estimate of drug-likeness (QED) is 0.482. The topological polar surface area (TPSA) is 35.5 Å². The van der Waals surface area contributed by atoms with Gasteiger partial charge in [-0.2, -0.15) is 0 Å². The predicted molar refractivity (Wildman–Crippen MR) is 78.8 cm³/mol. The molecule has 0 aromatic heterocycles. The van der Waals surface area contributed by atoms with Crippen molar-refractivity contribution in [3.8, 4) is 11.5 Å². The molecule has 102 valence electrons. The molecule has 0 N–H and O–H groups in total. The van der Waals surface area contributed by atoms with Gasteiger partial charge in [0.2, 0.25) is 0 Å². The minimum atomic E-state index is -0.459. The smallest absolute Gasteiger partial charge is 0.343 e. The van der Waals surface area contributed by atoms with E-state index < -0.39 is 5.97 Å². The van der Waals surface area contributed by atoms with Crippen LogP contribution in [0, 0.1) is 6.92 Å². The first-order valence-electron chi connectivity index (χ1n) is 6.22. The predicted octanol–water partition coefficient (Wildman–Crippen LogP) is 3.62. The Labute approximate surface area is 118 Å². The van der Waals surface area contributed by atoms with Crippen molar-refractivity contribution in [1.29, 1.82) is 0 Å². The minimum Gasteiger partial charge on any atom is -0.497 e. The molecule has 3 nitrogen and oxygen atoms in total. The van der Waals surface area contributed by atoms with Crippen LogP contribution in [0.25, 0.3) is 5.57 Å². The van der Waals surface area contributed by atoms with Crippen LogP contribution in [0.2, 0.25) is 0 Å². The molecule has 20 heavy (non-hydrogen) atoms. The van der Waals surface area contributed by atoms with Gasteiger partial charge < -0.3 is 9.47 Å². The Bertz CT molecular complexity index is 610. The molecule has 0 heterocycles.